The first-order valence-corrected chi connectivity index (χ1v) is 11.2. The van der Waals surface area contributed by atoms with Crippen molar-refractivity contribution >= 4 is 44.4 Å². The van der Waals surface area contributed by atoms with E-state index < -0.39 is 0 Å². The minimum atomic E-state index is -0.235. The number of anilines is 1. The maximum atomic E-state index is 12.9. The number of amides is 1. The van der Waals surface area contributed by atoms with Crippen LogP contribution in [0.5, 0.6) is 0 Å². The average molecular weight is 416 g/mol. The number of thiazole rings is 1. The quantitative estimate of drug-likeness (QED) is 0.572. The number of piperazine rings is 1. The lowest BCUT2D eigenvalue weighted by atomic mass is 10.2. The molecule has 0 radical (unpaired) electrons. The zero-order valence-electron chi connectivity index (χ0n) is 15.7. The zero-order chi connectivity index (χ0) is 19.5. The summed E-state index contributed by atoms with van der Waals surface area (Å²) in [5, 5.41) is 1.04. The summed E-state index contributed by atoms with van der Waals surface area (Å²) in [6, 6.07) is 12.7. The van der Waals surface area contributed by atoms with Crippen molar-refractivity contribution in [2.75, 3.05) is 36.8 Å². The SMILES string of the molecule is Cc1cccc2sc(N3CCN(C(=O)CCSc4ccc(F)cc4)CC3)nc12. The molecule has 4 nitrogen and oxygen atoms in total. The van der Waals surface area contributed by atoms with Crippen LogP contribution < -0.4 is 4.90 Å². The van der Waals surface area contributed by atoms with Crippen LogP contribution in [-0.2, 0) is 4.79 Å². The Balaban J connectivity index is 1.27. The van der Waals surface area contributed by atoms with Crippen LogP contribution in [0.25, 0.3) is 10.2 Å². The van der Waals surface area contributed by atoms with Crippen molar-refractivity contribution < 1.29 is 9.18 Å². The van der Waals surface area contributed by atoms with Crippen LogP contribution in [0.2, 0.25) is 0 Å². The Morgan fingerprint density at radius 2 is 1.89 bits per heavy atom. The molecule has 0 atom stereocenters. The molecule has 1 fully saturated rings. The number of hydrogen-bond acceptors (Lipinski definition) is 5. The number of benzene rings is 2. The van der Waals surface area contributed by atoms with E-state index in [9.17, 15) is 9.18 Å². The van der Waals surface area contributed by atoms with Gasteiger partial charge in [-0.05, 0) is 42.8 Å². The fraction of sp³-hybridized carbons (Fsp3) is 0.333. The van der Waals surface area contributed by atoms with E-state index in [1.54, 1.807) is 35.2 Å². The lowest BCUT2D eigenvalue weighted by Crippen LogP contribution is -2.48. The predicted molar refractivity (Wildman–Crippen MR) is 115 cm³/mol. The average Bonchev–Trinajstić information content (AvgIpc) is 3.15. The molecule has 28 heavy (non-hydrogen) atoms. The van der Waals surface area contributed by atoms with E-state index in [0.717, 1.165) is 41.7 Å². The minimum Gasteiger partial charge on any atom is -0.345 e. The molecule has 0 aliphatic carbocycles. The normalized spacial score (nSPS) is 14.6. The molecule has 3 aromatic rings. The topological polar surface area (TPSA) is 36.4 Å². The molecule has 1 aliphatic rings. The molecular formula is C21H22FN3OS2. The number of thioether (sulfide) groups is 1. The number of nitrogens with zero attached hydrogens (tertiary/aromatic N) is 3. The molecule has 2 aromatic carbocycles. The van der Waals surface area contributed by atoms with Crippen LogP contribution in [0.3, 0.4) is 0 Å². The van der Waals surface area contributed by atoms with Crippen LogP contribution >= 0.6 is 23.1 Å². The van der Waals surface area contributed by atoms with Gasteiger partial charge in [0, 0.05) is 43.2 Å². The monoisotopic (exact) mass is 415 g/mol. The maximum Gasteiger partial charge on any atom is 0.223 e. The number of carbonyl (C=O) groups excluding carboxylic acids is 1. The molecule has 2 heterocycles. The molecule has 7 heteroatoms. The third kappa shape index (κ3) is 4.31. The van der Waals surface area contributed by atoms with Crippen LogP contribution in [-0.4, -0.2) is 47.7 Å². The highest BCUT2D eigenvalue weighted by Crippen LogP contribution is 2.31. The van der Waals surface area contributed by atoms with Gasteiger partial charge in [-0.3, -0.25) is 4.79 Å². The largest absolute Gasteiger partial charge is 0.345 e. The first-order chi connectivity index (χ1) is 13.6. The summed E-state index contributed by atoms with van der Waals surface area (Å²) in [6.07, 6.45) is 0.502. The van der Waals surface area contributed by atoms with Gasteiger partial charge in [-0.1, -0.05) is 23.5 Å². The van der Waals surface area contributed by atoms with Crippen molar-refractivity contribution in [3.63, 3.8) is 0 Å². The summed E-state index contributed by atoms with van der Waals surface area (Å²) in [4.78, 5) is 22.5. The van der Waals surface area contributed by atoms with Crippen LogP contribution in [0, 0.1) is 12.7 Å². The van der Waals surface area contributed by atoms with E-state index in [0.29, 0.717) is 12.2 Å². The van der Waals surface area contributed by atoms with Crippen molar-refractivity contribution in [3.05, 3.63) is 53.8 Å². The number of rotatable bonds is 5. The number of aryl methyl sites for hydroxylation is 1. The third-order valence-electron chi connectivity index (χ3n) is 4.91. The highest BCUT2D eigenvalue weighted by Gasteiger charge is 2.23. The number of para-hydroxylation sites is 1. The Bertz CT molecular complexity index is 965. The standard InChI is InChI=1S/C21H22FN3OS2/c1-15-3-2-4-18-20(15)23-21(28-18)25-12-10-24(11-13-25)19(26)9-14-27-17-7-5-16(22)6-8-17/h2-8H,9-14H2,1H3. The molecule has 1 aromatic heterocycles. The molecule has 0 N–H and O–H groups in total. The number of halogens is 1. The van der Waals surface area contributed by atoms with E-state index in [-0.39, 0.29) is 11.7 Å². The second kappa shape index (κ2) is 8.49. The number of hydrogen-bond donors (Lipinski definition) is 0. The molecule has 0 unspecified atom stereocenters. The van der Waals surface area contributed by atoms with E-state index in [4.69, 9.17) is 4.98 Å². The van der Waals surface area contributed by atoms with Gasteiger partial charge in [0.25, 0.3) is 0 Å². The van der Waals surface area contributed by atoms with E-state index in [1.165, 1.54) is 22.4 Å². The van der Waals surface area contributed by atoms with Crippen molar-refractivity contribution in [3.8, 4) is 0 Å². The van der Waals surface area contributed by atoms with Crippen LogP contribution in [0.4, 0.5) is 9.52 Å². The van der Waals surface area contributed by atoms with Gasteiger partial charge in [-0.25, -0.2) is 9.37 Å². The Labute approximate surface area is 172 Å². The van der Waals surface area contributed by atoms with E-state index >= 15 is 0 Å². The number of fused-ring (bicyclic) bond motifs is 1. The molecule has 1 saturated heterocycles. The van der Waals surface area contributed by atoms with Gasteiger partial charge >= 0.3 is 0 Å². The van der Waals surface area contributed by atoms with E-state index in [2.05, 4.69) is 30.0 Å². The van der Waals surface area contributed by atoms with Gasteiger partial charge in [-0.2, -0.15) is 0 Å². The first kappa shape index (κ1) is 19.2. The fourth-order valence-electron chi connectivity index (χ4n) is 3.30. The summed E-state index contributed by atoms with van der Waals surface area (Å²) < 4.78 is 14.2. The van der Waals surface area contributed by atoms with Crippen molar-refractivity contribution in [2.24, 2.45) is 0 Å². The molecule has 146 valence electrons. The lowest BCUT2D eigenvalue weighted by Gasteiger charge is -2.34. The maximum absolute atomic E-state index is 12.9. The number of aromatic nitrogens is 1. The Hall–Kier alpha value is -2.12. The van der Waals surface area contributed by atoms with Gasteiger partial charge in [0.1, 0.15) is 5.82 Å². The predicted octanol–water partition coefficient (Wildman–Crippen LogP) is 4.57. The van der Waals surface area contributed by atoms with Gasteiger partial charge in [0.05, 0.1) is 10.2 Å². The highest BCUT2D eigenvalue weighted by molar-refractivity contribution is 7.99. The van der Waals surface area contributed by atoms with Gasteiger partial charge in [-0.15, -0.1) is 11.8 Å². The highest BCUT2D eigenvalue weighted by atomic mass is 32.2. The summed E-state index contributed by atoms with van der Waals surface area (Å²) in [7, 11) is 0. The lowest BCUT2D eigenvalue weighted by molar-refractivity contribution is -0.131. The second-order valence-electron chi connectivity index (χ2n) is 6.84. The minimum absolute atomic E-state index is 0.189. The molecular weight excluding hydrogens is 393 g/mol. The summed E-state index contributed by atoms with van der Waals surface area (Å²) in [6.45, 7) is 5.18. The Morgan fingerprint density at radius 3 is 2.61 bits per heavy atom. The molecule has 1 amide bonds. The second-order valence-corrected chi connectivity index (χ2v) is 9.02. The van der Waals surface area contributed by atoms with Crippen molar-refractivity contribution in [1.29, 1.82) is 0 Å². The van der Waals surface area contributed by atoms with Gasteiger partial charge < -0.3 is 9.80 Å². The summed E-state index contributed by atoms with van der Waals surface area (Å²) >= 11 is 3.31. The smallest absolute Gasteiger partial charge is 0.223 e. The fourth-order valence-corrected chi connectivity index (χ4v) is 5.24. The first-order valence-electron chi connectivity index (χ1n) is 9.37. The zero-order valence-corrected chi connectivity index (χ0v) is 17.4. The van der Waals surface area contributed by atoms with Crippen molar-refractivity contribution in [2.45, 2.75) is 18.2 Å². The molecule has 0 spiro atoms. The van der Waals surface area contributed by atoms with Crippen molar-refractivity contribution in [1.82, 2.24) is 9.88 Å². The van der Waals surface area contributed by atoms with Crippen LogP contribution in [0.15, 0.2) is 47.4 Å². The summed E-state index contributed by atoms with van der Waals surface area (Å²) in [5.74, 6) is 0.665. The molecule has 1 aliphatic heterocycles. The van der Waals surface area contributed by atoms with Gasteiger partial charge in [0.2, 0.25) is 5.91 Å². The van der Waals surface area contributed by atoms with Crippen LogP contribution in [0.1, 0.15) is 12.0 Å². The Kier molecular flexibility index (Phi) is 5.82. The molecule has 0 bridgehead atoms. The van der Waals surface area contributed by atoms with E-state index in [1.807, 2.05) is 4.90 Å². The summed E-state index contributed by atoms with van der Waals surface area (Å²) in [5.41, 5.74) is 2.28. The molecule has 0 saturated carbocycles. The molecule has 4 rings (SSSR count). The Morgan fingerprint density at radius 1 is 1.14 bits per heavy atom. The number of carbonyl (C=O) groups is 1. The third-order valence-corrected chi connectivity index (χ3v) is 7.01. The van der Waals surface area contributed by atoms with Gasteiger partial charge in [0.15, 0.2) is 5.13 Å².